The second-order valence-corrected chi connectivity index (χ2v) is 7.06. The van der Waals surface area contributed by atoms with Gasteiger partial charge in [0.05, 0.1) is 12.7 Å². The Balaban J connectivity index is 1.37. The molecule has 1 unspecified atom stereocenters. The molecule has 2 saturated heterocycles. The van der Waals surface area contributed by atoms with Gasteiger partial charge in [0.25, 0.3) is 5.56 Å². The third-order valence-corrected chi connectivity index (χ3v) is 5.39. The minimum atomic E-state index is -0.0247. The number of rotatable bonds is 4. The lowest BCUT2D eigenvalue weighted by molar-refractivity contribution is -0.0422. The Labute approximate surface area is 153 Å². The highest BCUT2D eigenvalue weighted by Gasteiger charge is 2.25. The van der Waals surface area contributed by atoms with Crippen LogP contribution in [-0.4, -0.2) is 84.3 Å². The Bertz CT molecular complexity index is 800. The van der Waals surface area contributed by atoms with Gasteiger partial charge in [-0.2, -0.15) is 0 Å². The maximum Gasteiger partial charge on any atom is 0.259 e. The molecule has 2 fully saturated rings. The average molecular weight is 357 g/mol. The zero-order chi connectivity index (χ0) is 17.9. The van der Waals surface area contributed by atoms with E-state index < -0.39 is 0 Å². The van der Waals surface area contributed by atoms with Crippen LogP contribution < -0.4 is 10.5 Å². The zero-order valence-electron chi connectivity index (χ0n) is 15.4. The van der Waals surface area contributed by atoms with E-state index >= 15 is 0 Å². The first kappa shape index (κ1) is 17.5. The maximum atomic E-state index is 12.3. The molecule has 2 aliphatic heterocycles. The van der Waals surface area contributed by atoms with Gasteiger partial charge in [0.2, 0.25) is 0 Å². The van der Waals surface area contributed by atoms with E-state index in [-0.39, 0.29) is 5.56 Å². The fraction of sp³-hybridized carbons (Fsp3) is 0.579. The normalized spacial score (nSPS) is 22.8. The van der Waals surface area contributed by atoms with Crippen molar-refractivity contribution >= 4 is 11.5 Å². The highest BCUT2D eigenvalue weighted by Crippen LogP contribution is 2.14. The van der Waals surface area contributed by atoms with Gasteiger partial charge in [-0.05, 0) is 18.7 Å². The number of fused-ring (bicyclic) bond motifs is 1. The van der Waals surface area contributed by atoms with Gasteiger partial charge in [-0.25, -0.2) is 4.98 Å². The quantitative estimate of drug-likeness (QED) is 0.796. The SMILES string of the molecule is CCN1CCOC(CN2CCN(c3cc(=O)n4ccccc4n3)CC2)C1. The Morgan fingerprint density at radius 2 is 2.00 bits per heavy atom. The number of morpholine rings is 1. The van der Waals surface area contributed by atoms with Crippen LogP contribution in [0.3, 0.4) is 0 Å². The first-order chi connectivity index (χ1) is 12.7. The lowest BCUT2D eigenvalue weighted by Crippen LogP contribution is -2.52. The number of piperazine rings is 1. The molecule has 7 nitrogen and oxygen atoms in total. The highest BCUT2D eigenvalue weighted by molar-refractivity contribution is 5.48. The molecule has 26 heavy (non-hydrogen) atoms. The van der Waals surface area contributed by atoms with Gasteiger partial charge < -0.3 is 9.64 Å². The lowest BCUT2D eigenvalue weighted by atomic mass is 10.2. The molecular weight excluding hydrogens is 330 g/mol. The maximum absolute atomic E-state index is 12.3. The van der Waals surface area contributed by atoms with Gasteiger partial charge in [-0.15, -0.1) is 0 Å². The molecular formula is C19H27N5O2. The van der Waals surface area contributed by atoms with Crippen molar-refractivity contribution in [3.05, 3.63) is 40.8 Å². The predicted octanol–water partition coefficient (Wildman–Crippen LogP) is 0.537. The first-order valence-corrected chi connectivity index (χ1v) is 9.52. The van der Waals surface area contributed by atoms with Gasteiger partial charge in [0.1, 0.15) is 11.5 Å². The highest BCUT2D eigenvalue weighted by atomic mass is 16.5. The van der Waals surface area contributed by atoms with Gasteiger partial charge in [-0.3, -0.25) is 19.0 Å². The van der Waals surface area contributed by atoms with Crippen molar-refractivity contribution in [3.8, 4) is 0 Å². The van der Waals surface area contributed by atoms with E-state index in [1.54, 1.807) is 16.7 Å². The molecule has 0 saturated carbocycles. The zero-order valence-corrected chi connectivity index (χ0v) is 15.4. The van der Waals surface area contributed by atoms with E-state index in [2.05, 4.69) is 26.6 Å². The molecule has 0 radical (unpaired) electrons. The fourth-order valence-electron chi connectivity index (χ4n) is 3.83. The van der Waals surface area contributed by atoms with Crippen molar-refractivity contribution in [1.29, 1.82) is 0 Å². The fourth-order valence-corrected chi connectivity index (χ4v) is 3.83. The number of hydrogen-bond donors (Lipinski definition) is 0. The molecule has 2 aromatic rings. The molecule has 0 bridgehead atoms. The van der Waals surface area contributed by atoms with Crippen LogP contribution in [0.2, 0.25) is 0 Å². The molecule has 0 spiro atoms. The van der Waals surface area contributed by atoms with Crippen LogP contribution in [0, 0.1) is 0 Å². The van der Waals surface area contributed by atoms with Gasteiger partial charge in [0.15, 0.2) is 0 Å². The summed E-state index contributed by atoms with van der Waals surface area (Å²) in [5.74, 6) is 0.784. The van der Waals surface area contributed by atoms with Crippen LogP contribution in [0.5, 0.6) is 0 Å². The minimum Gasteiger partial charge on any atom is -0.374 e. The average Bonchev–Trinajstić information content (AvgIpc) is 2.69. The monoisotopic (exact) mass is 357 g/mol. The van der Waals surface area contributed by atoms with Crippen molar-refractivity contribution < 1.29 is 4.74 Å². The van der Waals surface area contributed by atoms with Gasteiger partial charge >= 0.3 is 0 Å². The number of pyridine rings is 1. The summed E-state index contributed by atoms with van der Waals surface area (Å²) in [4.78, 5) is 24.1. The van der Waals surface area contributed by atoms with E-state index in [0.29, 0.717) is 11.8 Å². The second kappa shape index (κ2) is 7.73. The van der Waals surface area contributed by atoms with Crippen molar-refractivity contribution in [2.75, 3.05) is 63.9 Å². The van der Waals surface area contributed by atoms with E-state index in [1.165, 1.54) is 0 Å². The second-order valence-electron chi connectivity index (χ2n) is 7.06. The molecule has 4 heterocycles. The summed E-state index contributed by atoms with van der Waals surface area (Å²) in [6.07, 6.45) is 2.06. The van der Waals surface area contributed by atoms with Gasteiger partial charge in [0, 0.05) is 58.1 Å². The number of ether oxygens (including phenoxy) is 1. The molecule has 1 atom stereocenters. The third kappa shape index (κ3) is 3.75. The van der Waals surface area contributed by atoms with E-state index in [9.17, 15) is 4.79 Å². The van der Waals surface area contributed by atoms with Crippen LogP contribution in [0.15, 0.2) is 35.3 Å². The van der Waals surface area contributed by atoms with Crippen LogP contribution >= 0.6 is 0 Å². The number of aromatic nitrogens is 2. The summed E-state index contributed by atoms with van der Waals surface area (Å²) in [6.45, 7) is 10.9. The lowest BCUT2D eigenvalue weighted by Gasteiger charge is -2.39. The summed E-state index contributed by atoms with van der Waals surface area (Å²) in [7, 11) is 0. The number of nitrogens with zero attached hydrogens (tertiary/aromatic N) is 5. The Morgan fingerprint density at radius 1 is 1.15 bits per heavy atom. The van der Waals surface area contributed by atoms with Crippen LogP contribution in [0.25, 0.3) is 5.65 Å². The molecule has 0 amide bonds. The summed E-state index contributed by atoms with van der Waals surface area (Å²) >= 11 is 0. The number of hydrogen-bond acceptors (Lipinski definition) is 6. The Kier molecular flexibility index (Phi) is 5.19. The van der Waals surface area contributed by atoms with Crippen molar-refractivity contribution in [2.45, 2.75) is 13.0 Å². The largest absolute Gasteiger partial charge is 0.374 e. The Morgan fingerprint density at radius 3 is 2.81 bits per heavy atom. The van der Waals surface area contributed by atoms with Crippen molar-refractivity contribution in [2.24, 2.45) is 0 Å². The molecule has 2 aromatic heterocycles. The molecule has 2 aliphatic rings. The smallest absolute Gasteiger partial charge is 0.259 e. The molecule has 0 N–H and O–H groups in total. The van der Waals surface area contributed by atoms with Crippen molar-refractivity contribution in [1.82, 2.24) is 19.2 Å². The topological polar surface area (TPSA) is 53.3 Å². The molecule has 0 aliphatic carbocycles. The predicted molar refractivity (Wildman–Crippen MR) is 102 cm³/mol. The summed E-state index contributed by atoms with van der Waals surface area (Å²) < 4.78 is 7.52. The van der Waals surface area contributed by atoms with Crippen LogP contribution in [0.1, 0.15) is 6.92 Å². The molecule has 140 valence electrons. The summed E-state index contributed by atoms with van der Waals surface area (Å²) in [5, 5.41) is 0. The van der Waals surface area contributed by atoms with Crippen LogP contribution in [0.4, 0.5) is 5.82 Å². The molecule has 0 aromatic carbocycles. The summed E-state index contributed by atoms with van der Waals surface area (Å²) in [6, 6.07) is 7.28. The third-order valence-electron chi connectivity index (χ3n) is 5.39. The first-order valence-electron chi connectivity index (χ1n) is 9.52. The number of likely N-dealkylation sites (N-methyl/N-ethyl adjacent to an activating group) is 1. The number of anilines is 1. The van der Waals surface area contributed by atoms with E-state index in [4.69, 9.17) is 4.74 Å². The molecule has 7 heteroatoms. The van der Waals surface area contributed by atoms with Crippen LogP contribution in [-0.2, 0) is 4.74 Å². The Hall–Kier alpha value is -1.96. The summed E-state index contributed by atoms with van der Waals surface area (Å²) in [5.41, 5.74) is 0.677. The van der Waals surface area contributed by atoms with Gasteiger partial charge in [-0.1, -0.05) is 13.0 Å². The van der Waals surface area contributed by atoms with E-state index in [1.807, 2.05) is 18.2 Å². The molecule has 4 rings (SSSR count). The minimum absolute atomic E-state index is 0.0247. The van der Waals surface area contributed by atoms with Crippen molar-refractivity contribution in [3.63, 3.8) is 0 Å². The van der Waals surface area contributed by atoms with E-state index in [0.717, 1.165) is 64.8 Å². The standard InChI is InChI=1S/C19H27N5O2/c1-2-21-11-12-26-16(14-21)15-22-7-9-23(10-8-22)18-13-19(25)24-6-4-3-5-17(24)20-18/h3-6,13,16H,2,7-12,14-15H2,1H3.